The van der Waals surface area contributed by atoms with Crippen LogP contribution in [0, 0.1) is 19.7 Å². The fourth-order valence-corrected chi connectivity index (χ4v) is 2.88. The van der Waals surface area contributed by atoms with Crippen molar-refractivity contribution in [1.82, 2.24) is 4.57 Å². The lowest BCUT2D eigenvalue weighted by Gasteiger charge is -2.10. The van der Waals surface area contributed by atoms with Gasteiger partial charge in [-0.15, -0.1) is 0 Å². The van der Waals surface area contributed by atoms with E-state index in [4.69, 9.17) is 9.47 Å². The number of nitrogens with one attached hydrogen (secondary N) is 1. The molecule has 160 valence electrons. The maximum atomic E-state index is 14.1. The van der Waals surface area contributed by atoms with E-state index in [-0.39, 0.29) is 30.3 Å². The Labute approximate surface area is 173 Å². The lowest BCUT2D eigenvalue weighted by Crippen LogP contribution is -2.20. The number of hydrogen-bond acceptors (Lipinski definition) is 6. The highest BCUT2D eigenvalue weighted by atomic mass is 19.1. The van der Waals surface area contributed by atoms with Gasteiger partial charge in [-0.3, -0.25) is 14.4 Å². The summed E-state index contributed by atoms with van der Waals surface area (Å²) >= 11 is 0. The van der Waals surface area contributed by atoms with Gasteiger partial charge in [-0.25, -0.2) is 9.18 Å². The van der Waals surface area contributed by atoms with Crippen molar-refractivity contribution in [3.63, 3.8) is 0 Å². The van der Waals surface area contributed by atoms with Gasteiger partial charge in [0.1, 0.15) is 12.4 Å². The summed E-state index contributed by atoms with van der Waals surface area (Å²) in [5, 5.41) is 2.41. The van der Waals surface area contributed by atoms with Crippen LogP contribution in [0.5, 0.6) is 0 Å². The Morgan fingerprint density at radius 3 is 2.37 bits per heavy atom. The van der Waals surface area contributed by atoms with Gasteiger partial charge >= 0.3 is 11.9 Å². The van der Waals surface area contributed by atoms with Crippen LogP contribution in [0.1, 0.15) is 46.0 Å². The topological polar surface area (TPSA) is 104 Å². The van der Waals surface area contributed by atoms with Crippen molar-refractivity contribution >= 4 is 29.3 Å². The predicted molar refractivity (Wildman–Crippen MR) is 106 cm³/mol. The smallest absolute Gasteiger partial charge is 0.339 e. The lowest BCUT2D eigenvalue weighted by molar-refractivity contribution is -0.143. The van der Waals surface area contributed by atoms with Crippen molar-refractivity contribution in [1.29, 1.82) is 0 Å². The first-order chi connectivity index (χ1) is 14.1. The molecule has 0 saturated heterocycles. The number of ether oxygens (including phenoxy) is 2. The summed E-state index contributed by atoms with van der Waals surface area (Å²) < 4.78 is 25.6. The van der Waals surface area contributed by atoms with Crippen LogP contribution in [0.25, 0.3) is 0 Å². The van der Waals surface area contributed by atoms with E-state index in [1.165, 1.54) is 19.1 Å². The van der Waals surface area contributed by atoms with Gasteiger partial charge in [0, 0.05) is 24.0 Å². The first-order valence-electron chi connectivity index (χ1n) is 9.23. The zero-order valence-electron chi connectivity index (χ0n) is 17.2. The second kappa shape index (κ2) is 9.82. The fourth-order valence-electron chi connectivity index (χ4n) is 2.88. The zero-order chi connectivity index (χ0) is 22.4. The Morgan fingerprint density at radius 2 is 1.77 bits per heavy atom. The number of rotatable bonds is 8. The molecule has 9 heteroatoms. The average Bonchev–Trinajstić information content (AvgIpc) is 2.94. The van der Waals surface area contributed by atoms with Crippen LogP contribution in [0.3, 0.4) is 0 Å². The van der Waals surface area contributed by atoms with Crippen molar-refractivity contribution in [3.8, 4) is 0 Å². The predicted octanol–water partition coefficient (Wildman–Crippen LogP) is 2.81. The van der Waals surface area contributed by atoms with Crippen LogP contribution in [0.2, 0.25) is 0 Å². The van der Waals surface area contributed by atoms with Gasteiger partial charge in [-0.1, -0.05) is 0 Å². The van der Waals surface area contributed by atoms with E-state index < -0.39 is 30.1 Å². The number of ketones is 1. The maximum Gasteiger partial charge on any atom is 0.339 e. The molecule has 0 aliphatic heterocycles. The molecule has 0 spiro atoms. The molecule has 1 aromatic carbocycles. The summed E-state index contributed by atoms with van der Waals surface area (Å²) in [5.74, 6) is -3.12. The Hall–Kier alpha value is -3.49. The minimum atomic E-state index is -0.835. The number of carbonyl (C=O) groups is 4. The Balaban J connectivity index is 2.01. The average molecular weight is 418 g/mol. The molecule has 2 rings (SSSR count). The first kappa shape index (κ1) is 22.8. The molecule has 1 amide bonds. The molecule has 0 saturated carbocycles. The number of halogens is 1. The summed E-state index contributed by atoms with van der Waals surface area (Å²) in [7, 11) is 0. The molecule has 1 N–H and O–H groups in total. The van der Waals surface area contributed by atoms with Gasteiger partial charge in [-0.2, -0.15) is 0 Å². The van der Waals surface area contributed by atoms with Gasteiger partial charge in [-0.05, 0) is 45.0 Å². The van der Waals surface area contributed by atoms with Crippen LogP contribution in [-0.4, -0.2) is 41.4 Å². The second-order valence-corrected chi connectivity index (χ2v) is 6.55. The number of carbonyl (C=O) groups excluding carboxylic acids is 4. The fraction of sp³-hybridized carbons (Fsp3) is 0.333. The lowest BCUT2D eigenvalue weighted by atomic mass is 10.1. The Kier molecular flexibility index (Phi) is 7.46. The minimum Gasteiger partial charge on any atom is -0.462 e. The largest absolute Gasteiger partial charge is 0.462 e. The summed E-state index contributed by atoms with van der Waals surface area (Å²) in [6, 6.07) is 5.21. The molecule has 30 heavy (non-hydrogen) atoms. The molecule has 1 heterocycles. The number of amides is 1. The molecule has 0 atom stereocenters. The molecule has 0 bridgehead atoms. The summed E-state index contributed by atoms with van der Waals surface area (Å²) in [6.45, 7) is 5.74. The van der Waals surface area contributed by atoms with Gasteiger partial charge in [0.05, 0.1) is 17.7 Å². The van der Waals surface area contributed by atoms with Gasteiger partial charge in [0.15, 0.2) is 6.61 Å². The number of Topliss-reactive ketones (excluding diaryl/α,β-unsaturated/α-hetero) is 1. The second-order valence-electron chi connectivity index (χ2n) is 6.55. The highest BCUT2D eigenvalue weighted by Crippen LogP contribution is 2.17. The molecule has 0 unspecified atom stereocenters. The summed E-state index contributed by atoms with van der Waals surface area (Å²) in [6.07, 6.45) is 0. The number of nitrogens with zero attached hydrogens (tertiary/aromatic N) is 1. The molecule has 2 aromatic rings. The third-order valence-corrected chi connectivity index (χ3v) is 4.31. The third kappa shape index (κ3) is 5.53. The summed E-state index contributed by atoms with van der Waals surface area (Å²) in [4.78, 5) is 47.3. The van der Waals surface area contributed by atoms with Crippen molar-refractivity contribution < 1.29 is 33.0 Å². The highest BCUT2D eigenvalue weighted by Gasteiger charge is 2.20. The molecule has 1 aromatic heterocycles. The van der Waals surface area contributed by atoms with Gasteiger partial charge in [0.25, 0.3) is 0 Å². The van der Waals surface area contributed by atoms with Crippen molar-refractivity contribution in [2.24, 2.45) is 0 Å². The molecular formula is C21H23FN2O6. The molecule has 0 aliphatic rings. The van der Waals surface area contributed by atoms with Gasteiger partial charge in [0.2, 0.25) is 11.7 Å². The molecule has 8 nitrogen and oxygen atoms in total. The van der Waals surface area contributed by atoms with E-state index in [1.54, 1.807) is 31.4 Å². The monoisotopic (exact) mass is 418 g/mol. The molecular weight excluding hydrogens is 395 g/mol. The van der Waals surface area contributed by atoms with E-state index in [9.17, 15) is 23.6 Å². The van der Waals surface area contributed by atoms with E-state index in [1.807, 2.05) is 0 Å². The van der Waals surface area contributed by atoms with Crippen LogP contribution in [-0.2, 0) is 25.6 Å². The number of esters is 2. The van der Waals surface area contributed by atoms with Gasteiger partial charge < -0.3 is 19.4 Å². The Bertz CT molecular complexity index is 996. The van der Waals surface area contributed by atoms with Crippen LogP contribution < -0.4 is 5.32 Å². The molecule has 0 aliphatic carbocycles. The van der Waals surface area contributed by atoms with Crippen molar-refractivity contribution in [2.75, 3.05) is 18.5 Å². The zero-order valence-corrected chi connectivity index (χ0v) is 17.2. The summed E-state index contributed by atoms with van der Waals surface area (Å²) in [5.41, 5.74) is 1.49. The number of benzene rings is 1. The third-order valence-electron chi connectivity index (χ3n) is 4.31. The number of hydrogen-bond donors (Lipinski definition) is 1. The highest BCUT2D eigenvalue weighted by molar-refractivity contribution is 5.99. The standard InChI is InChI=1S/C21H23FN2O6/c1-5-29-21(28)17-8-12(2)24(13(17)3)10-20(27)30-11-19(26)16-7-6-15(9-18(16)22)23-14(4)25/h6-9H,5,10-11H2,1-4H3,(H,23,25). The normalized spacial score (nSPS) is 10.4. The van der Waals surface area contributed by atoms with E-state index in [0.29, 0.717) is 17.0 Å². The van der Waals surface area contributed by atoms with E-state index >= 15 is 0 Å². The maximum absolute atomic E-state index is 14.1. The van der Waals surface area contributed by atoms with Crippen LogP contribution >= 0.6 is 0 Å². The molecule has 0 radical (unpaired) electrons. The van der Waals surface area contributed by atoms with Crippen molar-refractivity contribution in [3.05, 3.63) is 52.6 Å². The number of aromatic nitrogens is 1. The van der Waals surface area contributed by atoms with E-state index in [0.717, 1.165) is 6.07 Å². The number of aryl methyl sites for hydroxylation is 1. The molecule has 0 fully saturated rings. The SMILES string of the molecule is CCOC(=O)c1cc(C)n(CC(=O)OCC(=O)c2ccc(NC(C)=O)cc2F)c1C. The van der Waals surface area contributed by atoms with Crippen LogP contribution in [0.4, 0.5) is 10.1 Å². The minimum absolute atomic E-state index is 0.213. The van der Waals surface area contributed by atoms with Crippen LogP contribution in [0.15, 0.2) is 24.3 Å². The number of anilines is 1. The Morgan fingerprint density at radius 1 is 1.07 bits per heavy atom. The first-order valence-corrected chi connectivity index (χ1v) is 9.23. The van der Waals surface area contributed by atoms with E-state index in [2.05, 4.69) is 5.32 Å². The van der Waals surface area contributed by atoms with Crippen molar-refractivity contribution in [2.45, 2.75) is 34.2 Å². The quantitative estimate of drug-likeness (QED) is 0.522.